The van der Waals surface area contributed by atoms with E-state index < -0.39 is 17.3 Å². The third kappa shape index (κ3) is 3.67. The van der Waals surface area contributed by atoms with E-state index in [2.05, 4.69) is 11.4 Å². The molecule has 0 radical (unpaired) electrons. The molecule has 5 heteroatoms. The summed E-state index contributed by atoms with van der Waals surface area (Å²) < 4.78 is 18.3. The molecular weight excluding hydrogens is 297 g/mol. The summed E-state index contributed by atoms with van der Waals surface area (Å²) in [5, 5.41) is 3.37. The first-order valence-electron chi connectivity index (χ1n) is 7.83. The molecule has 0 atom stereocenters. The van der Waals surface area contributed by atoms with Crippen molar-refractivity contribution >= 4 is 16.7 Å². The number of allylic oxidation sites excluding steroid dienone is 1. The number of rotatable bonds is 4. The lowest BCUT2D eigenvalue weighted by Gasteiger charge is -2.12. The van der Waals surface area contributed by atoms with Crippen molar-refractivity contribution in [2.45, 2.75) is 32.1 Å². The Balaban J connectivity index is 1.70. The van der Waals surface area contributed by atoms with E-state index in [1.54, 1.807) is 0 Å². The first-order valence-corrected chi connectivity index (χ1v) is 7.83. The molecule has 0 spiro atoms. The van der Waals surface area contributed by atoms with Gasteiger partial charge in [-0.25, -0.2) is 9.18 Å². The molecule has 0 unspecified atom stereocenters. The molecule has 1 aliphatic carbocycles. The van der Waals surface area contributed by atoms with Crippen molar-refractivity contribution in [1.82, 2.24) is 5.32 Å². The number of hydrogen-bond acceptors (Lipinski definition) is 3. The predicted octanol–water partition coefficient (Wildman–Crippen LogP) is 3.55. The Morgan fingerprint density at radius 2 is 2.13 bits per heavy atom. The number of hydrogen-bond donors (Lipinski definition) is 1. The fraction of sp³-hybridized carbons (Fsp3) is 0.333. The van der Waals surface area contributed by atoms with Crippen molar-refractivity contribution in [2.75, 3.05) is 6.54 Å². The van der Waals surface area contributed by atoms with Crippen LogP contribution < -0.4 is 10.9 Å². The Morgan fingerprint density at radius 3 is 2.91 bits per heavy atom. The summed E-state index contributed by atoms with van der Waals surface area (Å²) in [7, 11) is 0. The minimum absolute atomic E-state index is 0.0919. The van der Waals surface area contributed by atoms with Crippen LogP contribution in [0.5, 0.6) is 0 Å². The number of amides is 1. The third-order valence-corrected chi connectivity index (χ3v) is 4.06. The molecular formula is C18H18FNO3. The smallest absolute Gasteiger partial charge is 0.344 e. The molecule has 4 nitrogen and oxygen atoms in total. The van der Waals surface area contributed by atoms with E-state index in [1.807, 2.05) is 0 Å². The number of carbonyl (C=O) groups excluding carboxylic acids is 1. The molecule has 1 amide bonds. The molecule has 3 rings (SSSR count). The van der Waals surface area contributed by atoms with Crippen molar-refractivity contribution in [3.63, 3.8) is 0 Å². The molecule has 0 bridgehead atoms. The molecule has 1 aliphatic rings. The van der Waals surface area contributed by atoms with Crippen LogP contribution in [0.4, 0.5) is 4.39 Å². The fourth-order valence-electron chi connectivity index (χ4n) is 2.83. The molecule has 1 heterocycles. The SMILES string of the molecule is O=C(NCCC1=CCCCC1)c1cc2cc(F)ccc2c(=O)o1. The molecule has 23 heavy (non-hydrogen) atoms. The van der Waals surface area contributed by atoms with E-state index in [4.69, 9.17) is 4.42 Å². The van der Waals surface area contributed by atoms with E-state index in [0.29, 0.717) is 11.9 Å². The van der Waals surface area contributed by atoms with E-state index in [9.17, 15) is 14.0 Å². The van der Waals surface area contributed by atoms with Gasteiger partial charge in [-0.2, -0.15) is 0 Å². The first-order chi connectivity index (χ1) is 11.1. The van der Waals surface area contributed by atoms with Gasteiger partial charge in [-0.1, -0.05) is 11.6 Å². The largest absolute Gasteiger partial charge is 0.417 e. The van der Waals surface area contributed by atoms with Gasteiger partial charge in [-0.15, -0.1) is 0 Å². The second-order valence-corrected chi connectivity index (χ2v) is 5.74. The van der Waals surface area contributed by atoms with Gasteiger partial charge in [0.05, 0.1) is 5.39 Å². The summed E-state index contributed by atoms with van der Waals surface area (Å²) in [5.41, 5.74) is 0.723. The van der Waals surface area contributed by atoms with E-state index >= 15 is 0 Å². The molecule has 120 valence electrons. The highest BCUT2D eigenvalue weighted by Crippen LogP contribution is 2.19. The maximum absolute atomic E-state index is 13.3. The average molecular weight is 315 g/mol. The number of halogens is 1. The Labute approximate surface area is 133 Å². The van der Waals surface area contributed by atoms with Gasteiger partial charge in [-0.3, -0.25) is 4.79 Å². The molecule has 0 saturated carbocycles. The standard InChI is InChI=1S/C18H18FNO3/c19-14-6-7-15-13(10-14)11-16(23-18(15)22)17(21)20-9-8-12-4-2-1-3-5-12/h4,6-7,10-11H,1-3,5,8-9H2,(H,20,21). The van der Waals surface area contributed by atoms with Gasteiger partial charge in [0, 0.05) is 6.54 Å². The summed E-state index contributed by atoms with van der Waals surface area (Å²) in [6, 6.07) is 5.16. The van der Waals surface area contributed by atoms with Crippen LogP contribution in [0.25, 0.3) is 10.8 Å². The average Bonchev–Trinajstić information content (AvgIpc) is 2.55. The van der Waals surface area contributed by atoms with Crippen LogP contribution >= 0.6 is 0 Å². The Bertz CT molecular complexity index is 823. The van der Waals surface area contributed by atoms with Crippen LogP contribution in [0.1, 0.15) is 42.7 Å². The van der Waals surface area contributed by atoms with Gasteiger partial charge >= 0.3 is 5.63 Å². The van der Waals surface area contributed by atoms with E-state index in [0.717, 1.165) is 19.3 Å². The van der Waals surface area contributed by atoms with Crippen molar-refractivity contribution in [3.8, 4) is 0 Å². The first kappa shape index (κ1) is 15.5. The van der Waals surface area contributed by atoms with E-state index in [1.165, 1.54) is 42.7 Å². The van der Waals surface area contributed by atoms with Crippen molar-refractivity contribution in [1.29, 1.82) is 0 Å². The van der Waals surface area contributed by atoms with E-state index in [-0.39, 0.29) is 11.1 Å². The fourth-order valence-corrected chi connectivity index (χ4v) is 2.83. The summed E-state index contributed by atoms with van der Waals surface area (Å²) in [6.45, 7) is 0.496. The predicted molar refractivity (Wildman–Crippen MR) is 85.9 cm³/mol. The van der Waals surface area contributed by atoms with Crippen LogP contribution in [0.15, 0.2) is 45.1 Å². The molecule has 1 aromatic heterocycles. The highest BCUT2D eigenvalue weighted by molar-refractivity contribution is 5.95. The van der Waals surface area contributed by atoms with Gasteiger partial charge in [0.2, 0.25) is 0 Å². The topological polar surface area (TPSA) is 59.3 Å². The maximum Gasteiger partial charge on any atom is 0.344 e. The van der Waals surface area contributed by atoms with Gasteiger partial charge < -0.3 is 9.73 Å². The van der Waals surface area contributed by atoms with Crippen LogP contribution in [-0.4, -0.2) is 12.5 Å². The number of benzene rings is 1. The molecule has 1 N–H and O–H groups in total. The second kappa shape index (κ2) is 6.77. The Hall–Kier alpha value is -2.43. The lowest BCUT2D eigenvalue weighted by molar-refractivity contribution is 0.0922. The quantitative estimate of drug-likeness (QED) is 0.878. The summed E-state index contributed by atoms with van der Waals surface area (Å²) in [5.74, 6) is -1.01. The lowest BCUT2D eigenvalue weighted by Crippen LogP contribution is -2.25. The number of fused-ring (bicyclic) bond motifs is 1. The summed E-state index contributed by atoms with van der Waals surface area (Å²) in [4.78, 5) is 24.0. The van der Waals surface area contributed by atoms with Crippen LogP contribution in [0.2, 0.25) is 0 Å². The van der Waals surface area contributed by atoms with Gasteiger partial charge in [-0.05, 0) is 61.8 Å². The summed E-state index contributed by atoms with van der Waals surface area (Å²) in [6.07, 6.45) is 7.65. The third-order valence-electron chi connectivity index (χ3n) is 4.06. The summed E-state index contributed by atoms with van der Waals surface area (Å²) >= 11 is 0. The van der Waals surface area contributed by atoms with Gasteiger partial charge in [0.1, 0.15) is 5.82 Å². The van der Waals surface area contributed by atoms with Gasteiger partial charge in [0.15, 0.2) is 5.76 Å². The lowest BCUT2D eigenvalue weighted by atomic mass is 9.97. The van der Waals surface area contributed by atoms with Gasteiger partial charge in [0.25, 0.3) is 5.91 Å². The maximum atomic E-state index is 13.3. The Kier molecular flexibility index (Phi) is 4.55. The Morgan fingerprint density at radius 1 is 1.26 bits per heavy atom. The molecule has 0 fully saturated rings. The second-order valence-electron chi connectivity index (χ2n) is 5.74. The van der Waals surface area contributed by atoms with Crippen LogP contribution in [-0.2, 0) is 0 Å². The molecule has 0 aliphatic heterocycles. The monoisotopic (exact) mass is 315 g/mol. The zero-order valence-electron chi connectivity index (χ0n) is 12.7. The number of carbonyl (C=O) groups is 1. The molecule has 2 aromatic rings. The highest BCUT2D eigenvalue weighted by Gasteiger charge is 2.13. The number of nitrogens with one attached hydrogen (secondary N) is 1. The van der Waals surface area contributed by atoms with Crippen molar-refractivity contribution in [3.05, 3.63) is 57.9 Å². The molecule has 0 saturated heterocycles. The van der Waals surface area contributed by atoms with Crippen LogP contribution in [0, 0.1) is 5.82 Å². The molecule has 1 aromatic carbocycles. The minimum Gasteiger partial charge on any atom is -0.417 e. The van der Waals surface area contributed by atoms with Crippen LogP contribution in [0.3, 0.4) is 0 Å². The highest BCUT2D eigenvalue weighted by atomic mass is 19.1. The minimum atomic E-state index is -0.636. The normalized spacial score (nSPS) is 14.6. The zero-order valence-corrected chi connectivity index (χ0v) is 12.7. The van der Waals surface area contributed by atoms with Crippen molar-refractivity contribution in [2.24, 2.45) is 0 Å². The zero-order chi connectivity index (χ0) is 16.2. The van der Waals surface area contributed by atoms with Crippen molar-refractivity contribution < 1.29 is 13.6 Å².